The molecule has 0 saturated heterocycles. The van der Waals surface area contributed by atoms with Crippen LogP contribution in [0.15, 0.2) is 41.0 Å². The number of nitrogens with zero attached hydrogens (tertiary/aromatic N) is 1. The molecule has 2 aromatic carbocycles. The number of hydrogen-bond donors (Lipinski definition) is 0. The SMILES string of the molecule is COc1cc(/C=C2\N=C(c3cc(I)ccc3Cl)OC2=O)cc(Cl)c1OC(C)C. The van der Waals surface area contributed by atoms with Crippen LogP contribution in [0.2, 0.25) is 10.0 Å². The van der Waals surface area contributed by atoms with E-state index < -0.39 is 5.97 Å². The molecule has 8 heteroatoms. The number of rotatable bonds is 5. The van der Waals surface area contributed by atoms with E-state index >= 15 is 0 Å². The first-order valence-electron chi connectivity index (χ1n) is 8.30. The van der Waals surface area contributed by atoms with Crippen LogP contribution in [0.1, 0.15) is 25.0 Å². The van der Waals surface area contributed by atoms with E-state index in [4.69, 9.17) is 37.4 Å². The lowest BCUT2D eigenvalue weighted by molar-refractivity contribution is -0.129. The summed E-state index contributed by atoms with van der Waals surface area (Å²) in [5.41, 5.74) is 1.32. The van der Waals surface area contributed by atoms with Gasteiger partial charge in [0.05, 0.1) is 28.8 Å². The van der Waals surface area contributed by atoms with Crippen molar-refractivity contribution in [1.82, 2.24) is 0 Å². The molecular weight excluding hydrogens is 516 g/mol. The van der Waals surface area contributed by atoms with Crippen molar-refractivity contribution in [3.63, 3.8) is 0 Å². The van der Waals surface area contributed by atoms with E-state index in [1.807, 2.05) is 19.9 Å². The second-order valence-electron chi connectivity index (χ2n) is 6.16. The van der Waals surface area contributed by atoms with Crippen molar-refractivity contribution in [2.75, 3.05) is 7.11 Å². The predicted molar refractivity (Wildman–Crippen MR) is 119 cm³/mol. The first-order valence-corrected chi connectivity index (χ1v) is 10.1. The highest BCUT2D eigenvalue weighted by Gasteiger charge is 2.26. The molecule has 3 rings (SSSR count). The average molecular weight is 532 g/mol. The summed E-state index contributed by atoms with van der Waals surface area (Å²) in [6.45, 7) is 3.79. The van der Waals surface area contributed by atoms with Gasteiger partial charge in [-0.15, -0.1) is 0 Å². The summed E-state index contributed by atoms with van der Waals surface area (Å²) >= 11 is 14.7. The first-order chi connectivity index (χ1) is 13.3. The van der Waals surface area contributed by atoms with Gasteiger partial charge in [0.15, 0.2) is 17.2 Å². The molecule has 1 aliphatic rings. The number of benzene rings is 2. The zero-order valence-electron chi connectivity index (χ0n) is 15.3. The highest BCUT2D eigenvalue weighted by atomic mass is 127. The largest absolute Gasteiger partial charge is 0.493 e. The third-order valence-corrected chi connectivity index (χ3v) is 4.97. The molecule has 0 radical (unpaired) electrons. The molecule has 1 aliphatic heterocycles. The molecule has 5 nitrogen and oxygen atoms in total. The number of carbonyl (C=O) groups excluding carboxylic acids is 1. The normalized spacial score (nSPS) is 15.0. The van der Waals surface area contributed by atoms with Gasteiger partial charge in [-0.1, -0.05) is 23.2 Å². The van der Waals surface area contributed by atoms with Crippen LogP contribution in [0, 0.1) is 3.57 Å². The van der Waals surface area contributed by atoms with Crippen LogP contribution in [0.3, 0.4) is 0 Å². The van der Waals surface area contributed by atoms with Crippen molar-refractivity contribution >= 4 is 63.7 Å². The van der Waals surface area contributed by atoms with E-state index in [0.29, 0.717) is 32.7 Å². The van der Waals surface area contributed by atoms with Crippen LogP contribution >= 0.6 is 45.8 Å². The van der Waals surface area contributed by atoms with Crippen LogP contribution in [0.4, 0.5) is 0 Å². The Morgan fingerprint density at radius 1 is 1.18 bits per heavy atom. The molecule has 2 aromatic rings. The maximum absolute atomic E-state index is 12.3. The molecule has 0 bridgehead atoms. The van der Waals surface area contributed by atoms with Gasteiger partial charge in [-0.25, -0.2) is 9.79 Å². The van der Waals surface area contributed by atoms with E-state index in [9.17, 15) is 4.79 Å². The average Bonchev–Trinajstić information content (AvgIpc) is 2.99. The maximum atomic E-state index is 12.3. The fraction of sp³-hybridized carbons (Fsp3) is 0.200. The Hall–Kier alpha value is -1.77. The molecule has 0 aliphatic carbocycles. The van der Waals surface area contributed by atoms with E-state index in [1.165, 1.54) is 7.11 Å². The molecule has 0 atom stereocenters. The summed E-state index contributed by atoms with van der Waals surface area (Å²) in [5, 5.41) is 0.823. The van der Waals surface area contributed by atoms with Gasteiger partial charge in [-0.05, 0) is 78.4 Å². The minimum atomic E-state index is -0.567. The van der Waals surface area contributed by atoms with Gasteiger partial charge in [0.2, 0.25) is 5.90 Å². The molecular formula is C20H16Cl2INO4. The Morgan fingerprint density at radius 3 is 2.61 bits per heavy atom. The predicted octanol–water partition coefficient (Wildman–Crippen LogP) is 5.74. The molecule has 0 spiro atoms. The van der Waals surface area contributed by atoms with Crippen molar-refractivity contribution in [2.45, 2.75) is 20.0 Å². The topological polar surface area (TPSA) is 57.1 Å². The third kappa shape index (κ3) is 4.61. The second kappa shape index (κ2) is 8.71. The van der Waals surface area contributed by atoms with Crippen molar-refractivity contribution in [3.8, 4) is 11.5 Å². The van der Waals surface area contributed by atoms with E-state index in [1.54, 1.807) is 30.3 Å². The Balaban J connectivity index is 1.99. The maximum Gasteiger partial charge on any atom is 0.363 e. The molecule has 1 heterocycles. The highest BCUT2D eigenvalue weighted by Crippen LogP contribution is 2.38. The lowest BCUT2D eigenvalue weighted by Gasteiger charge is -2.15. The third-order valence-electron chi connectivity index (χ3n) is 3.69. The Labute approximate surface area is 186 Å². The van der Waals surface area contributed by atoms with Crippen LogP contribution in [0.5, 0.6) is 11.5 Å². The number of carbonyl (C=O) groups is 1. The zero-order chi connectivity index (χ0) is 20.4. The van der Waals surface area contributed by atoms with Gasteiger partial charge in [0.1, 0.15) is 0 Å². The summed E-state index contributed by atoms with van der Waals surface area (Å²) in [5.74, 6) is 0.509. The number of esters is 1. The number of hydrogen-bond acceptors (Lipinski definition) is 5. The molecule has 146 valence electrons. The Bertz CT molecular complexity index is 1000. The molecule has 0 saturated carbocycles. The van der Waals surface area contributed by atoms with Gasteiger partial charge in [-0.3, -0.25) is 0 Å². The summed E-state index contributed by atoms with van der Waals surface area (Å²) in [4.78, 5) is 16.6. The summed E-state index contributed by atoms with van der Waals surface area (Å²) in [7, 11) is 1.52. The first kappa shape index (κ1) is 21.0. The van der Waals surface area contributed by atoms with Crippen LogP contribution < -0.4 is 9.47 Å². The summed E-state index contributed by atoms with van der Waals surface area (Å²) in [6, 6.07) is 8.78. The number of methoxy groups -OCH3 is 1. The smallest absolute Gasteiger partial charge is 0.363 e. The molecule has 0 fully saturated rings. The van der Waals surface area contributed by atoms with Gasteiger partial charge in [-0.2, -0.15) is 0 Å². The quantitative estimate of drug-likeness (QED) is 0.280. The van der Waals surface area contributed by atoms with Crippen LogP contribution in [0.25, 0.3) is 6.08 Å². The molecule has 28 heavy (non-hydrogen) atoms. The fourth-order valence-corrected chi connectivity index (χ4v) is 3.47. The molecule has 0 aromatic heterocycles. The Morgan fingerprint density at radius 2 is 1.93 bits per heavy atom. The zero-order valence-corrected chi connectivity index (χ0v) is 18.9. The number of cyclic esters (lactones) is 1. The lowest BCUT2D eigenvalue weighted by Crippen LogP contribution is -2.07. The summed E-state index contributed by atoms with van der Waals surface area (Å²) < 4.78 is 17.3. The van der Waals surface area contributed by atoms with Crippen molar-refractivity contribution in [3.05, 3.63) is 60.8 Å². The monoisotopic (exact) mass is 531 g/mol. The van der Waals surface area contributed by atoms with Gasteiger partial charge in [0.25, 0.3) is 0 Å². The van der Waals surface area contributed by atoms with Crippen LogP contribution in [-0.4, -0.2) is 25.1 Å². The van der Waals surface area contributed by atoms with Crippen LogP contribution in [-0.2, 0) is 9.53 Å². The van der Waals surface area contributed by atoms with Gasteiger partial charge >= 0.3 is 5.97 Å². The molecule has 0 unspecified atom stereocenters. The van der Waals surface area contributed by atoms with Gasteiger partial charge < -0.3 is 14.2 Å². The lowest BCUT2D eigenvalue weighted by atomic mass is 10.1. The van der Waals surface area contributed by atoms with Crippen molar-refractivity contribution in [1.29, 1.82) is 0 Å². The van der Waals surface area contributed by atoms with E-state index in [0.717, 1.165) is 3.57 Å². The fourth-order valence-electron chi connectivity index (χ4n) is 2.52. The molecule has 0 amide bonds. The standard InChI is InChI=1S/C20H16Cl2INO4/c1-10(2)27-18-15(22)6-11(8-17(18)26-3)7-16-20(25)28-19(24-16)13-9-12(23)4-5-14(13)21/h4-10H,1-3H3/b16-7-. The van der Waals surface area contributed by atoms with Crippen molar-refractivity contribution in [2.24, 2.45) is 4.99 Å². The van der Waals surface area contributed by atoms with E-state index in [-0.39, 0.29) is 17.7 Å². The number of aliphatic imine (C=N–C) groups is 1. The second-order valence-corrected chi connectivity index (χ2v) is 8.22. The highest BCUT2D eigenvalue weighted by molar-refractivity contribution is 14.1. The van der Waals surface area contributed by atoms with Crippen molar-refractivity contribution < 1.29 is 19.0 Å². The van der Waals surface area contributed by atoms with Gasteiger partial charge in [0, 0.05) is 3.57 Å². The minimum Gasteiger partial charge on any atom is -0.493 e. The minimum absolute atomic E-state index is 0.0639. The van der Waals surface area contributed by atoms with E-state index in [2.05, 4.69) is 27.6 Å². The molecule has 0 N–H and O–H groups in total. The summed E-state index contributed by atoms with van der Waals surface area (Å²) in [6.07, 6.45) is 1.51. The number of halogens is 3. The Kier molecular flexibility index (Phi) is 6.52. The number of ether oxygens (including phenoxy) is 3.